The first-order chi connectivity index (χ1) is 10.1. The van der Waals surface area contributed by atoms with Crippen LogP contribution in [0.15, 0.2) is 28.0 Å². The molecule has 0 saturated heterocycles. The summed E-state index contributed by atoms with van der Waals surface area (Å²) in [6, 6.07) is 4.14. The van der Waals surface area contributed by atoms with E-state index in [2.05, 4.69) is 4.72 Å². The number of sulfone groups is 1. The first-order valence-electron chi connectivity index (χ1n) is 6.93. The van der Waals surface area contributed by atoms with Crippen molar-refractivity contribution in [1.29, 1.82) is 0 Å². The van der Waals surface area contributed by atoms with Gasteiger partial charge in [-0.1, -0.05) is 6.07 Å². The van der Waals surface area contributed by atoms with Gasteiger partial charge in [-0.05, 0) is 43.9 Å². The maximum absolute atomic E-state index is 12.7. The minimum absolute atomic E-state index is 0.00203. The molecule has 6 nitrogen and oxygen atoms in total. The Labute approximate surface area is 131 Å². The van der Waals surface area contributed by atoms with Gasteiger partial charge in [-0.15, -0.1) is 0 Å². The Morgan fingerprint density at radius 1 is 1.23 bits per heavy atom. The van der Waals surface area contributed by atoms with Crippen molar-refractivity contribution >= 4 is 19.9 Å². The standard InChI is InChI=1S/C14H21NO5S2/c1-11-5-6-12(21(3,16)17)9-13(11)22(18,19)15-14(10-20-2)7-4-8-14/h5-6,9,15H,4,7-8,10H2,1-3H3. The third-order valence-electron chi connectivity index (χ3n) is 3.96. The lowest BCUT2D eigenvalue weighted by atomic mass is 9.78. The molecule has 0 amide bonds. The normalized spacial score (nSPS) is 18.0. The van der Waals surface area contributed by atoms with Crippen molar-refractivity contribution in [3.05, 3.63) is 23.8 Å². The van der Waals surface area contributed by atoms with Crippen molar-refractivity contribution in [3.8, 4) is 0 Å². The number of methoxy groups -OCH3 is 1. The third-order valence-corrected chi connectivity index (χ3v) is 6.79. The Bertz CT molecular complexity index is 764. The lowest BCUT2D eigenvalue weighted by Gasteiger charge is -2.41. The zero-order valence-electron chi connectivity index (χ0n) is 12.9. The van der Waals surface area contributed by atoms with Gasteiger partial charge >= 0.3 is 0 Å². The molecule has 0 bridgehead atoms. The maximum atomic E-state index is 12.7. The highest BCUT2D eigenvalue weighted by Crippen LogP contribution is 2.34. The minimum atomic E-state index is -3.81. The molecule has 1 aromatic rings. The van der Waals surface area contributed by atoms with Crippen LogP contribution in [0.25, 0.3) is 0 Å². The van der Waals surface area contributed by atoms with Gasteiger partial charge in [-0.3, -0.25) is 0 Å². The molecule has 0 aliphatic heterocycles. The number of rotatable bonds is 6. The second kappa shape index (κ2) is 5.92. The summed E-state index contributed by atoms with van der Waals surface area (Å²) in [4.78, 5) is -0.00863. The molecule has 8 heteroatoms. The number of ether oxygens (including phenoxy) is 1. The molecular weight excluding hydrogens is 326 g/mol. The van der Waals surface area contributed by atoms with Crippen molar-refractivity contribution < 1.29 is 21.6 Å². The van der Waals surface area contributed by atoms with Gasteiger partial charge in [0.05, 0.1) is 21.9 Å². The van der Waals surface area contributed by atoms with Crippen LogP contribution in [-0.4, -0.2) is 42.3 Å². The molecule has 22 heavy (non-hydrogen) atoms. The quantitative estimate of drug-likeness (QED) is 0.836. The molecule has 0 radical (unpaired) electrons. The highest BCUT2D eigenvalue weighted by Gasteiger charge is 2.41. The van der Waals surface area contributed by atoms with Gasteiger partial charge in [0.2, 0.25) is 10.0 Å². The van der Waals surface area contributed by atoms with Crippen molar-refractivity contribution in [2.75, 3.05) is 20.0 Å². The number of sulfonamides is 1. The fourth-order valence-electron chi connectivity index (χ4n) is 2.60. The van der Waals surface area contributed by atoms with Crippen molar-refractivity contribution in [2.45, 2.75) is 41.5 Å². The first-order valence-corrected chi connectivity index (χ1v) is 10.3. The van der Waals surface area contributed by atoms with Crippen LogP contribution >= 0.6 is 0 Å². The summed E-state index contributed by atoms with van der Waals surface area (Å²) >= 11 is 0. The Morgan fingerprint density at radius 3 is 2.32 bits per heavy atom. The fourth-order valence-corrected chi connectivity index (χ4v) is 5.04. The van der Waals surface area contributed by atoms with E-state index in [1.165, 1.54) is 25.3 Å². The lowest BCUT2D eigenvalue weighted by molar-refractivity contribution is 0.0729. The number of nitrogens with one attached hydrogen (secondary N) is 1. The Kier molecular flexibility index (Phi) is 4.68. The Balaban J connectivity index is 2.41. The SMILES string of the molecule is COCC1(NS(=O)(=O)c2cc(S(C)(=O)=O)ccc2C)CCC1. The molecule has 124 valence electrons. The number of hydrogen-bond acceptors (Lipinski definition) is 5. The monoisotopic (exact) mass is 347 g/mol. The van der Waals surface area contributed by atoms with Gasteiger partial charge in [0.25, 0.3) is 0 Å². The van der Waals surface area contributed by atoms with Crippen LogP contribution < -0.4 is 4.72 Å². The van der Waals surface area contributed by atoms with E-state index in [4.69, 9.17) is 4.74 Å². The predicted octanol–water partition coefficient (Wildman–Crippen LogP) is 1.25. The highest BCUT2D eigenvalue weighted by molar-refractivity contribution is 7.91. The number of aryl methyl sites for hydroxylation is 1. The molecule has 0 atom stereocenters. The number of benzene rings is 1. The van der Waals surface area contributed by atoms with Crippen LogP contribution in [0.2, 0.25) is 0 Å². The van der Waals surface area contributed by atoms with Crippen LogP contribution in [0.1, 0.15) is 24.8 Å². The van der Waals surface area contributed by atoms with E-state index in [0.717, 1.165) is 12.7 Å². The largest absolute Gasteiger partial charge is 0.383 e. The fraction of sp³-hybridized carbons (Fsp3) is 0.571. The Hall–Kier alpha value is -0.960. The number of hydrogen-bond donors (Lipinski definition) is 1. The van der Waals surface area contributed by atoms with E-state index in [0.29, 0.717) is 25.0 Å². The zero-order chi connectivity index (χ0) is 16.6. The highest BCUT2D eigenvalue weighted by atomic mass is 32.2. The average molecular weight is 347 g/mol. The van der Waals surface area contributed by atoms with E-state index in [-0.39, 0.29) is 9.79 Å². The predicted molar refractivity (Wildman–Crippen MR) is 83.1 cm³/mol. The summed E-state index contributed by atoms with van der Waals surface area (Å²) in [7, 11) is -5.74. The summed E-state index contributed by atoms with van der Waals surface area (Å²) in [6.07, 6.45) is 3.42. The first kappa shape index (κ1) is 17.4. The average Bonchev–Trinajstić information content (AvgIpc) is 2.35. The smallest absolute Gasteiger partial charge is 0.241 e. The van der Waals surface area contributed by atoms with E-state index in [1.807, 2.05) is 0 Å². The zero-order valence-corrected chi connectivity index (χ0v) is 14.6. The van der Waals surface area contributed by atoms with Crippen LogP contribution in [-0.2, 0) is 24.6 Å². The van der Waals surface area contributed by atoms with E-state index in [9.17, 15) is 16.8 Å². The van der Waals surface area contributed by atoms with Gasteiger partial charge < -0.3 is 4.74 Å². The summed E-state index contributed by atoms with van der Waals surface area (Å²) in [6.45, 7) is 1.95. The molecule has 0 heterocycles. The van der Waals surface area contributed by atoms with Crippen LogP contribution in [0.4, 0.5) is 0 Å². The van der Waals surface area contributed by atoms with E-state index >= 15 is 0 Å². The molecule has 1 aliphatic rings. The summed E-state index contributed by atoms with van der Waals surface area (Å²) in [5, 5.41) is 0. The van der Waals surface area contributed by atoms with Gasteiger partial charge in [0, 0.05) is 13.4 Å². The van der Waals surface area contributed by atoms with Crippen LogP contribution in [0.5, 0.6) is 0 Å². The minimum Gasteiger partial charge on any atom is -0.383 e. The Morgan fingerprint density at radius 2 is 1.86 bits per heavy atom. The molecule has 1 aliphatic carbocycles. The van der Waals surface area contributed by atoms with Crippen molar-refractivity contribution in [2.24, 2.45) is 0 Å². The van der Waals surface area contributed by atoms with Crippen LogP contribution in [0.3, 0.4) is 0 Å². The maximum Gasteiger partial charge on any atom is 0.241 e. The molecule has 1 fully saturated rings. The summed E-state index contributed by atoms with van der Waals surface area (Å²) in [5.41, 5.74) is -0.0759. The van der Waals surface area contributed by atoms with E-state index in [1.54, 1.807) is 6.92 Å². The second-order valence-corrected chi connectivity index (χ2v) is 9.54. The molecule has 0 spiro atoms. The molecule has 2 rings (SSSR count). The summed E-state index contributed by atoms with van der Waals surface area (Å²) in [5.74, 6) is 0. The van der Waals surface area contributed by atoms with Gasteiger partial charge in [-0.2, -0.15) is 0 Å². The van der Waals surface area contributed by atoms with Gasteiger partial charge in [0.1, 0.15) is 0 Å². The van der Waals surface area contributed by atoms with Crippen molar-refractivity contribution in [3.63, 3.8) is 0 Å². The second-order valence-electron chi connectivity index (χ2n) is 5.87. The molecule has 0 aromatic heterocycles. The summed E-state index contributed by atoms with van der Waals surface area (Å²) < 4.78 is 56.4. The van der Waals surface area contributed by atoms with Crippen molar-refractivity contribution in [1.82, 2.24) is 4.72 Å². The molecule has 1 saturated carbocycles. The van der Waals surface area contributed by atoms with E-state index < -0.39 is 25.4 Å². The molecular formula is C14H21NO5S2. The van der Waals surface area contributed by atoms with Crippen LogP contribution in [0, 0.1) is 6.92 Å². The third kappa shape index (κ3) is 3.51. The molecule has 0 unspecified atom stereocenters. The van der Waals surface area contributed by atoms with Gasteiger partial charge in [-0.25, -0.2) is 21.6 Å². The molecule has 1 N–H and O–H groups in total. The topological polar surface area (TPSA) is 89.5 Å². The van der Waals surface area contributed by atoms with Gasteiger partial charge in [0.15, 0.2) is 9.84 Å². The molecule has 1 aromatic carbocycles. The lowest BCUT2D eigenvalue weighted by Crippen LogP contribution is -2.56.